The van der Waals surface area contributed by atoms with Gasteiger partial charge >= 0.3 is 0 Å². The third-order valence-electron chi connectivity index (χ3n) is 1.32. The van der Waals surface area contributed by atoms with Crippen LogP contribution in [-0.4, -0.2) is 41.1 Å². The molecule has 0 amide bonds. The minimum Gasteiger partial charge on any atom is -0.393 e. The Hall–Kier alpha value is -0.170. The van der Waals surface area contributed by atoms with Crippen LogP contribution in [0.2, 0.25) is 0 Å². The molecule has 6 heteroatoms. The van der Waals surface area contributed by atoms with E-state index >= 15 is 0 Å². The molecule has 3 N–H and O–H groups in total. The van der Waals surface area contributed by atoms with Gasteiger partial charge < -0.3 is 10.2 Å². The minimum absolute atomic E-state index is 0.164. The van der Waals surface area contributed by atoms with Crippen LogP contribution in [0.25, 0.3) is 0 Å². The fourth-order valence-electron chi connectivity index (χ4n) is 0.760. The van der Waals surface area contributed by atoms with E-state index in [1.165, 1.54) is 0 Å². The summed E-state index contributed by atoms with van der Waals surface area (Å²) in [6.45, 7) is 1.54. The Morgan fingerprint density at radius 1 is 1.25 bits per heavy atom. The van der Waals surface area contributed by atoms with Crippen LogP contribution in [0.4, 0.5) is 0 Å². The molecule has 0 aliphatic heterocycles. The molecule has 0 saturated carbocycles. The molecule has 0 heterocycles. The van der Waals surface area contributed by atoms with Gasteiger partial charge in [-0.1, -0.05) is 0 Å². The Balaban J connectivity index is 3.68. The van der Waals surface area contributed by atoms with Gasteiger partial charge in [0.1, 0.15) is 5.75 Å². The van der Waals surface area contributed by atoms with Crippen molar-refractivity contribution >= 4 is 10.1 Å². The van der Waals surface area contributed by atoms with Crippen LogP contribution in [0.5, 0.6) is 0 Å². The van der Waals surface area contributed by atoms with Gasteiger partial charge in [0.05, 0.1) is 12.2 Å². The molecule has 0 saturated heterocycles. The van der Waals surface area contributed by atoms with Gasteiger partial charge in [0, 0.05) is 0 Å². The lowest BCUT2D eigenvalue weighted by Gasteiger charge is -2.09. The van der Waals surface area contributed by atoms with Crippen LogP contribution >= 0.6 is 0 Å². The van der Waals surface area contributed by atoms with Crippen LogP contribution in [0.15, 0.2) is 0 Å². The maximum absolute atomic E-state index is 10.2. The largest absolute Gasteiger partial charge is 0.393 e. The summed E-state index contributed by atoms with van der Waals surface area (Å²) < 4.78 is 28.7. The summed E-state index contributed by atoms with van der Waals surface area (Å²) in [5.41, 5.74) is 0. The molecule has 0 spiro atoms. The Kier molecular flexibility index (Phi) is 4.69. The van der Waals surface area contributed by atoms with E-state index in [-0.39, 0.29) is 6.42 Å². The summed E-state index contributed by atoms with van der Waals surface area (Å²) in [7, 11) is -4.10. The van der Waals surface area contributed by atoms with Crippen LogP contribution in [0.3, 0.4) is 0 Å². The summed E-state index contributed by atoms with van der Waals surface area (Å²) in [6, 6.07) is 0. The molecule has 5 nitrogen and oxygen atoms in total. The zero-order valence-corrected chi connectivity index (χ0v) is 7.66. The molecular formula is C6H14O5S. The maximum Gasteiger partial charge on any atom is 0.267 e. The highest BCUT2D eigenvalue weighted by atomic mass is 32.2. The highest BCUT2D eigenvalue weighted by molar-refractivity contribution is 7.85. The third kappa shape index (κ3) is 7.93. The lowest BCUT2D eigenvalue weighted by Crippen LogP contribution is -2.21. The SMILES string of the molecule is CC(O)CCC(O)CS(=O)(=O)O. The van der Waals surface area contributed by atoms with Gasteiger partial charge in [0.25, 0.3) is 10.1 Å². The molecule has 0 rings (SSSR count). The molecule has 0 aromatic heterocycles. The van der Waals surface area contributed by atoms with Crippen molar-refractivity contribution in [2.24, 2.45) is 0 Å². The average molecular weight is 198 g/mol. The van der Waals surface area contributed by atoms with Crippen LogP contribution in [0.1, 0.15) is 19.8 Å². The number of aliphatic hydroxyl groups excluding tert-OH is 2. The molecule has 74 valence electrons. The first-order chi connectivity index (χ1) is 5.31. The van der Waals surface area contributed by atoms with Gasteiger partial charge in [-0.3, -0.25) is 4.55 Å². The lowest BCUT2D eigenvalue weighted by molar-refractivity contribution is 0.133. The van der Waals surface area contributed by atoms with Gasteiger partial charge in [-0.15, -0.1) is 0 Å². The van der Waals surface area contributed by atoms with E-state index in [2.05, 4.69) is 0 Å². The van der Waals surface area contributed by atoms with E-state index in [9.17, 15) is 8.42 Å². The summed E-state index contributed by atoms with van der Waals surface area (Å²) in [5, 5.41) is 17.8. The van der Waals surface area contributed by atoms with Crippen molar-refractivity contribution in [1.29, 1.82) is 0 Å². The Labute approximate surface area is 71.8 Å². The monoisotopic (exact) mass is 198 g/mol. The number of hydrogen-bond donors (Lipinski definition) is 3. The zero-order valence-electron chi connectivity index (χ0n) is 6.84. The first-order valence-electron chi connectivity index (χ1n) is 3.62. The summed E-state index contributed by atoms with van der Waals surface area (Å²) in [5.74, 6) is -0.667. The fourth-order valence-corrected chi connectivity index (χ4v) is 1.41. The van der Waals surface area contributed by atoms with Crippen LogP contribution < -0.4 is 0 Å². The highest BCUT2D eigenvalue weighted by Crippen LogP contribution is 2.02. The molecule has 2 unspecified atom stereocenters. The maximum atomic E-state index is 10.2. The Bertz CT molecular complexity index is 208. The molecule has 0 aromatic carbocycles. The normalized spacial score (nSPS) is 17.3. The molecular weight excluding hydrogens is 184 g/mol. The van der Waals surface area contributed by atoms with Gasteiger partial charge in [-0.05, 0) is 19.8 Å². The molecule has 0 aromatic rings. The van der Waals surface area contributed by atoms with Crippen molar-refractivity contribution < 1.29 is 23.2 Å². The van der Waals surface area contributed by atoms with E-state index in [4.69, 9.17) is 14.8 Å². The molecule has 0 radical (unpaired) electrons. The van der Waals surface area contributed by atoms with Crippen molar-refractivity contribution in [1.82, 2.24) is 0 Å². The number of rotatable bonds is 5. The molecule has 0 aliphatic carbocycles. The van der Waals surface area contributed by atoms with E-state index < -0.39 is 28.1 Å². The van der Waals surface area contributed by atoms with E-state index in [0.717, 1.165) is 0 Å². The van der Waals surface area contributed by atoms with Gasteiger partial charge in [-0.25, -0.2) is 0 Å². The number of aliphatic hydroxyl groups is 2. The smallest absolute Gasteiger partial charge is 0.267 e. The third-order valence-corrected chi connectivity index (χ3v) is 2.13. The van der Waals surface area contributed by atoms with Crippen molar-refractivity contribution in [2.45, 2.75) is 32.0 Å². The summed E-state index contributed by atoms with van der Waals surface area (Å²) in [4.78, 5) is 0. The second-order valence-corrected chi connectivity index (χ2v) is 4.33. The van der Waals surface area contributed by atoms with Crippen molar-refractivity contribution in [3.8, 4) is 0 Å². The van der Waals surface area contributed by atoms with Crippen molar-refractivity contribution in [3.63, 3.8) is 0 Å². The molecule has 0 fully saturated rings. The van der Waals surface area contributed by atoms with E-state index in [1.807, 2.05) is 0 Å². The van der Waals surface area contributed by atoms with Gasteiger partial charge in [0.2, 0.25) is 0 Å². The second-order valence-electron chi connectivity index (χ2n) is 2.83. The minimum atomic E-state index is -4.10. The predicted molar refractivity (Wildman–Crippen MR) is 43.3 cm³/mol. The topological polar surface area (TPSA) is 94.8 Å². The molecule has 0 bridgehead atoms. The first-order valence-corrected chi connectivity index (χ1v) is 5.23. The lowest BCUT2D eigenvalue weighted by atomic mass is 10.1. The highest BCUT2D eigenvalue weighted by Gasteiger charge is 2.14. The summed E-state index contributed by atoms with van der Waals surface area (Å²) >= 11 is 0. The summed E-state index contributed by atoms with van der Waals surface area (Å²) in [6.07, 6.45) is -1.19. The first kappa shape index (κ1) is 11.8. The van der Waals surface area contributed by atoms with Crippen molar-refractivity contribution in [3.05, 3.63) is 0 Å². The second kappa shape index (κ2) is 4.76. The van der Waals surface area contributed by atoms with Gasteiger partial charge in [0.15, 0.2) is 0 Å². The standard InChI is InChI=1S/C6H14O5S/c1-5(7)2-3-6(8)4-12(9,10)11/h5-8H,2-4H2,1H3,(H,9,10,11). The molecule has 12 heavy (non-hydrogen) atoms. The predicted octanol–water partition coefficient (Wildman–Crippen LogP) is -0.604. The molecule has 2 atom stereocenters. The van der Waals surface area contributed by atoms with E-state index in [1.54, 1.807) is 6.92 Å². The number of hydrogen-bond acceptors (Lipinski definition) is 4. The fraction of sp³-hybridized carbons (Fsp3) is 1.00. The van der Waals surface area contributed by atoms with Gasteiger partial charge in [-0.2, -0.15) is 8.42 Å². The Morgan fingerprint density at radius 3 is 2.08 bits per heavy atom. The molecule has 0 aliphatic rings. The Morgan fingerprint density at radius 2 is 1.75 bits per heavy atom. The quantitative estimate of drug-likeness (QED) is 0.512. The van der Waals surface area contributed by atoms with Crippen LogP contribution in [-0.2, 0) is 10.1 Å². The van der Waals surface area contributed by atoms with Crippen LogP contribution in [0, 0.1) is 0 Å². The average Bonchev–Trinajstić information content (AvgIpc) is 1.79. The van der Waals surface area contributed by atoms with Crippen molar-refractivity contribution in [2.75, 3.05) is 5.75 Å². The van der Waals surface area contributed by atoms with E-state index in [0.29, 0.717) is 6.42 Å². The zero-order chi connectivity index (χ0) is 9.78.